The third kappa shape index (κ3) is 5.55. The number of halogens is 2. The molecule has 0 heterocycles. The molecule has 0 aliphatic heterocycles. The van der Waals surface area contributed by atoms with Crippen molar-refractivity contribution in [2.75, 3.05) is 11.9 Å². The van der Waals surface area contributed by atoms with Gasteiger partial charge in [0.25, 0.3) is 5.69 Å². The molecule has 0 aromatic heterocycles. The van der Waals surface area contributed by atoms with Gasteiger partial charge in [-0.2, -0.15) is 0 Å². The minimum Gasteiger partial charge on any atom is -0.490 e. The van der Waals surface area contributed by atoms with Crippen molar-refractivity contribution >= 4 is 34.6 Å². The molecule has 0 unspecified atom stereocenters. The van der Waals surface area contributed by atoms with Crippen molar-refractivity contribution < 1.29 is 14.4 Å². The van der Waals surface area contributed by atoms with E-state index in [4.69, 9.17) is 32.7 Å². The Balaban J connectivity index is 1.73. The second kappa shape index (κ2) is 10.2. The number of non-ortho nitro benzene ring substituents is 1. The largest absolute Gasteiger partial charge is 0.490 e. The summed E-state index contributed by atoms with van der Waals surface area (Å²) in [5, 5.41) is 15.0. The summed E-state index contributed by atoms with van der Waals surface area (Å²) in [6.07, 6.45) is 0. The van der Waals surface area contributed by atoms with E-state index in [0.29, 0.717) is 34.7 Å². The first-order chi connectivity index (χ1) is 14.5. The third-order valence-corrected chi connectivity index (χ3v) is 4.92. The molecule has 0 bridgehead atoms. The molecule has 3 aromatic rings. The number of nitrogens with one attached hydrogen (secondary N) is 1. The van der Waals surface area contributed by atoms with Gasteiger partial charge in [-0.05, 0) is 42.8 Å². The van der Waals surface area contributed by atoms with Crippen molar-refractivity contribution in [2.24, 2.45) is 0 Å². The van der Waals surface area contributed by atoms with Crippen molar-refractivity contribution in [2.45, 2.75) is 20.1 Å². The van der Waals surface area contributed by atoms with E-state index in [2.05, 4.69) is 5.32 Å². The molecule has 3 rings (SSSR count). The van der Waals surface area contributed by atoms with Crippen LogP contribution in [0, 0.1) is 10.1 Å². The second-order valence-electron chi connectivity index (χ2n) is 6.38. The van der Waals surface area contributed by atoms with Gasteiger partial charge in [0.2, 0.25) is 0 Å². The highest BCUT2D eigenvalue weighted by atomic mass is 35.5. The maximum atomic E-state index is 10.8. The number of benzene rings is 3. The fourth-order valence-electron chi connectivity index (χ4n) is 2.80. The topological polar surface area (TPSA) is 73.6 Å². The summed E-state index contributed by atoms with van der Waals surface area (Å²) < 4.78 is 11.6. The van der Waals surface area contributed by atoms with Crippen molar-refractivity contribution in [1.82, 2.24) is 0 Å². The number of anilines is 1. The summed E-state index contributed by atoms with van der Waals surface area (Å²) in [5.74, 6) is 0.995. The Labute approximate surface area is 184 Å². The summed E-state index contributed by atoms with van der Waals surface area (Å²) in [4.78, 5) is 10.3. The van der Waals surface area contributed by atoms with Crippen LogP contribution in [0.4, 0.5) is 11.4 Å². The Morgan fingerprint density at radius 2 is 1.73 bits per heavy atom. The number of ether oxygens (including phenoxy) is 2. The first-order valence-corrected chi connectivity index (χ1v) is 10.0. The minimum absolute atomic E-state index is 0.0437. The molecular weight excluding hydrogens is 427 g/mol. The van der Waals surface area contributed by atoms with E-state index in [0.717, 1.165) is 16.8 Å². The van der Waals surface area contributed by atoms with Crippen LogP contribution in [-0.4, -0.2) is 11.5 Å². The summed E-state index contributed by atoms with van der Waals surface area (Å²) in [5.41, 5.74) is 2.53. The fraction of sp³-hybridized carbons (Fsp3) is 0.182. The summed E-state index contributed by atoms with van der Waals surface area (Å²) in [7, 11) is 0. The highest BCUT2D eigenvalue weighted by Gasteiger charge is 2.14. The van der Waals surface area contributed by atoms with Crippen LogP contribution in [0.5, 0.6) is 11.5 Å². The number of nitro groups is 1. The van der Waals surface area contributed by atoms with Crippen LogP contribution in [-0.2, 0) is 13.2 Å². The van der Waals surface area contributed by atoms with Gasteiger partial charge in [0.05, 0.1) is 16.6 Å². The van der Waals surface area contributed by atoms with Crippen LogP contribution >= 0.6 is 23.2 Å². The van der Waals surface area contributed by atoms with Crippen molar-refractivity contribution in [1.29, 1.82) is 0 Å². The first kappa shape index (κ1) is 21.7. The lowest BCUT2D eigenvalue weighted by Gasteiger charge is -2.16. The zero-order valence-electron chi connectivity index (χ0n) is 16.2. The van der Waals surface area contributed by atoms with Crippen molar-refractivity contribution in [3.63, 3.8) is 0 Å². The number of nitro benzene ring substituents is 1. The monoisotopic (exact) mass is 446 g/mol. The second-order valence-corrected chi connectivity index (χ2v) is 7.19. The summed E-state index contributed by atoms with van der Waals surface area (Å²) in [6, 6.07) is 17.3. The van der Waals surface area contributed by atoms with Crippen LogP contribution in [0.15, 0.2) is 60.7 Å². The number of nitrogens with zero attached hydrogens (tertiary/aromatic N) is 1. The van der Waals surface area contributed by atoms with Gasteiger partial charge in [-0.15, -0.1) is 0 Å². The lowest BCUT2D eigenvalue weighted by molar-refractivity contribution is -0.384. The molecule has 156 valence electrons. The maximum Gasteiger partial charge on any atom is 0.269 e. The minimum atomic E-state index is -0.431. The van der Waals surface area contributed by atoms with Crippen molar-refractivity contribution in [3.8, 4) is 11.5 Å². The van der Waals surface area contributed by atoms with Gasteiger partial charge in [-0.3, -0.25) is 10.1 Å². The molecule has 0 fully saturated rings. The van der Waals surface area contributed by atoms with Crippen LogP contribution < -0.4 is 14.8 Å². The van der Waals surface area contributed by atoms with Gasteiger partial charge in [0, 0.05) is 35.0 Å². The number of hydrogen-bond acceptors (Lipinski definition) is 5. The Morgan fingerprint density at radius 3 is 2.40 bits per heavy atom. The average molecular weight is 447 g/mol. The van der Waals surface area contributed by atoms with Gasteiger partial charge < -0.3 is 14.8 Å². The Bertz CT molecular complexity index is 1030. The van der Waals surface area contributed by atoms with Gasteiger partial charge in [-0.1, -0.05) is 41.4 Å². The van der Waals surface area contributed by atoms with Gasteiger partial charge in [0.15, 0.2) is 11.5 Å². The zero-order chi connectivity index (χ0) is 21.5. The zero-order valence-corrected chi connectivity index (χ0v) is 17.7. The van der Waals surface area contributed by atoms with E-state index in [1.807, 2.05) is 31.2 Å². The molecule has 0 saturated carbocycles. The van der Waals surface area contributed by atoms with Crippen LogP contribution in [0.1, 0.15) is 18.1 Å². The molecular formula is C22H20Cl2N2O4. The maximum absolute atomic E-state index is 10.8. The first-order valence-electron chi connectivity index (χ1n) is 9.27. The molecule has 0 radical (unpaired) electrons. The van der Waals surface area contributed by atoms with E-state index >= 15 is 0 Å². The van der Waals surface area contributed by atoms with Crippen molar-refractivity contribution in [3.05, 3.63) is 92.0 Å². The quantitative estimate of drug-likeness (QED) is 0.300. The Hall–Kier alpha value is -2.96. The average Bonchev–Trinajstić information content (AvgIpc) is 2.73. The van der Waals surface area contributed by atoms with Gasteiger partial charge in [-0.25, -0.2) is 0 Å². The lowest BCUT2D eigenvalue weighted by atomic mass is 10.2. The SMILES string of the molecule is CCOc1cc(CNc2ccc([N+](=O)[O-])cc2)cc(Cl)c1OCc1ccccc1Cl. The van der Waals surface area contributed by atoms with E-state index in [-0.39, 0.29) is 12.3 Å². The number of hydrogen-bond donors (Lipinski definition) is 1. The predicted octanol–water partition coefficient (Wildman–Crippen LogP) is 6.49. The van der Waals surface area contributed by atoms with E-state index in [1.165, 1.54) is 12.1 Å². The molecule has 0 aliphatic carbocycles. The van der Waals surface area contributed by atoms with E-state index < -0.39 is 4.92 Å². The van der Waals surface area contributed by atoms with Crippen LogP contribution in [0.2, 0.25) is 10.0 Å². The predicted molar refractivity (Wildman–Crippen MR) is 119 cm³/mol. The third-order valence-electron chi connectivity index (χ3n) is 4.27. The van der Waals surface area contributed by atoms with E-state index in [1.54, 1.807) is 24.3 Å². The molecule has 3 aromatic carbocycles. The standard InChI is InChI=1S/C22H20Cl2N2O4/c1-2-29-21-12-15(13-25-17-7-9-18(10-8-17)26(27)28)11-20(24)22(21)30-14-16-5-3-4-6-19(16)23/h3-12,25H,2,13-14H2,1H3. The Morgan fingerprint density at radius 1 is 1.00 bits per heavy atom. The van der Waals surface area contributed by atoms with E-state index in [9.17, 15) is 10.1 Å². The Kier molecular flexibility index (Phi) is 7.38. The molecule has 1 N–H and O–H groups in total. The highest BCUT2D eigenvalue weighted by molar-refractivity contribution is 6.32. The molecule has 0 spiro atoms. The lowest BCUT2D eigenvalue weighted by Crippen LogP contribution is -2.04. The number of rotatable bonds is 9. The molecule has 0 aliphatic rings. The summed E-state index contributed by atoms with van der Waals surface area (Å²) in [6.45, 7) is 3.06. The highest BCUT2D eigenvalue weighted by Crippen LogP contribution is 2.37. The van der Waals surface area contributed by atoms with Crippen LogP contribution in [0.25, 0.3) is 0 Å². The van der Waals surface area contributed by atoms with Gasteiger partial charge >= 0.3 is 0 Å². The summed E-state index contributed by atoms with van der Waals surface area (Å²) >= 11 is 12.7. The molecule has 0 atom stereocenters. The molecule has 0 saturated heterocycles. The molecule has 0 amide bonds. The van der Waals surface area contributed by atoms with Gasteiger partial charge in [0.1, 0.15) is 6.61 Å². The smallest absolute Gasteiger partial charge is 0.269 e. The fourth-order valence-corrected chi connectivity index (χ4v) is 3.28. The molecule has 6 nitrogen and oxygen atoms in total. The molecule has 30 heavy (non-hydrogen) atoms. The van der Waals surface area contributed by atoms with Crippen LogP contribution in [0.3, 0.4) is 0 Å². The normalized spacial score (nSPS) is 10.5. The molecule has 8 heteroatoms.